The molecular formula is C11H15N. The van der Waals surface area contributed by atoms with Gasteiger partial charge < -0.3 is 4.98 Å². The van der Waals surface area contributed by atoms with Gasteiger partial charge in [-0.1, -0.05) is 31.5 Å². The van der Waals surface area contributed by atoms with E-state index in [0.717, 1.165) is 6.42 Å². The molecule has 0 fully saturated rings. The average molecular weight is 161 g/mol. The second-order valence-electron chi connectivity index (χ2n) is 3.13. The van der Waals surface area contributed by atoms with Gasteiger partial charge in [-0.05, 0) is 23.9 Å². The monoisotopic (exact) mass is 161 g/mol. The van der Waals surface area contributed by atoms with E-state index in [1.54, 1.807) is 0 Å². The number of H-pyrrole nitrogens is 1. The second-order valence-corrected chi connectivity index (χ2v) is 3.13. The molecule has 2 rings (SSSR count). The van der Waals surface area contributed by atoms with Crippen molar-refractivity contribution in [1.29, 1.82) is 0 Å². The van der Waals surface area contributed by atoms with Crippen LogP contribution in [-0.2, 0) is 6.42 Å². The first-order chi connectivity index (χ1) is 5.90. The van der Waals surface area contributed by atoms with Crippen molar-refractivity contribution in [2.45, 2.75) is 19.8 Å². The highest BCUT2D eigenvalue weighted by Crippen LogP contribution is 2.15. The van der Waals surface area contributed by atoms with Gasteiger partial charge in [-0.15, -0.1) is 0 Å². The fraction of sp³-hybridized carbons (Fsp3) is 0.273. The summed E-state index contributed by atoms with van der Waals surface area (Å²) in [6.45, 7) is 2.20. The lowest BCUT2D eigenvalue weighted by Gasteiger charge is -1.88. The maximum Gasteiger partial charge on any atom is 0.0456 e. The van der Waals surface area contributed by atoms with E-state index in [1.165, 1.54) is 23.0 Å². The Balaban J connectivity index is 0.000000845. The Hall–Kier alpha value is -1.24. The number of aryl methyl sites for hydroxylation is 1. The normalized spacial score (nSPS) is 10.8. The molecule has 0 radical (unpaired) electrons. The van der Waals surface area contributed by atoms with E-state index in [1.807, 2.05) is 0 Å². The zero-order valence-electron chi connectivity index (χ0n) is 7.30. The number of benzene rings is 1. The lowest BCUT2D eigenvalue weighted by atomic mass is 10.2. The first-order valence-electron chi connectivity index (χ1n) is 4.47. The van der Waals surface area contributed by atoms with Crippen LogP contribution in [0.2, 0.25) is 0 Å². The van der Waals surface area contributed by atoms with Crippen LogP contribution < -0.4 is 0 Å². The Kier molecular flexibility index (Phi) is 1.86. The highest BCUT2D eigenvalue weighted by molar-refractivity contribution is 5.80. The van der Waals surface area contributed by atoms with E-state index in [9.17, 15) is 0 Å². The van der Waals surface area contributed by atoms with Gasteiger partial charge in [0.15, 0.2) is 0 Å². The maximum atomic E-state index is 3.40. The number of aromatic nitrogens is 1. The molecule has 0 amide bonds. The number of aromatic amines is 1. The fourth-order valence-corrected chi connectivity index (χ4v) is 1.54. The zero-order valence-corrected chi connectivity index (χ0v) is 7.30. The number of hydrogen-bond acceptors (Lipinski definition) is 0. The summed E-state index contributed by atoms with van der Waals surface area (Å²) >= 11 is 0. The largest absolute Gasteiger partial charge is 0.358 e. The van der Waals surface area contributed by atoms with Gasteiger partial charge in [0.25, 0.3) is 0 Å². The van der Waals surface area contributed by atoms with E-state index in [4.69, 9.17) is 0 Å². The van der Waals surface area contributed by atoms with Gasteiger partial charge in [-0.3, -0.25) is 0 Å². The number of para-hydroxylation sites is 1. The van der Waals surface area contributed by atoms with Crippen LogP contribution in [0.15, 0.2) is 30.3 Å². The molecule has 1 heterocycles. The highest BCUT2D eigenvalue weighted by Gasteiger charge is 1.97. The number of hydrogen-bond donors (Lipinski definition) is 1. The summed E-state index contributed by atoms with van der Waals surface area (Å²) in [6.07, 6.45) is 2.35. The topological polar surface area (TPSA) is 15.8 Å². The Bertz CT molecular complexity index is 345. The van der Waals surface area contributed by atoms with Gasteiger partial charge in [0.2, 0.25) is 0 Å². The van der Waals surface area contributed by atoms with E-state index in [2.05, 4.69) is 42.2 Å². The Morgan fingerprint density at radius 1 is 1.33 bits per heavy atom. The van der Waals surface area contributed by atoms with Crippen LogP contribution in [-0.4, -0.2) is 4.98 Å². The molecule has 1 N–H and O–H groups in total. The molecule has 0 bridgehead atoms. The van der Waals surface area contributed by atoms with Crippen LogP contribution in [0.25, 0.3) is 10.9 Å². The molecule has 1 heteroatoms. The van der Waals surface area contributed by atoms with Gasteiger partial charge in [-0.25, -0.2) is 0 Å². The Morgan fingerprint density at radius 2 is 2.17 bits per heavy atom. The maximum absolute atomic E-state index is 3.40. The molecule has 1 aromatic carbocycles. The first kappa shape index (κ1) is 7.41. The lowest BCUT2D eigenvalue weighted by Crippen LogP contribution is -1.79. The predicted octanol–water partition coefficient (Wildman–Crippen LogP) is 3.37. The van der Waals surface area contributed by atoms with Crippen LogP contribution in [0.5, 0.6) is 0 Å². The summed E-state index contributed by atoms with van der Waals surface area (Å²) in [7, 11) is 0. The summed E-state index contributed by atoms with van der Waals surface area (Å²) in [5.74, 6) is 0. The van der Waals surface area contributed by atoms with Gasteiger partial charge in [0.1, 0.15) is 0 Å². The van der Waals surface area contributed by atoms with Crippen molar-refractivity contribution in [3.8, 4) is 0 Å². The van der Waals surface area contributed by atoms with Gasteiger partial charge in [0.05, 0.1) is 0 Å². The van der Waals surface area contributed by atoms with Crippen molar-refractivity contribution in [1.82, 2.24) is 4.98 Å². The smallest absolute Gasteiger partial charge is 0.0456 e. The minimum absolute atomic E-state index is 0. The number of nitrogens with one attached hydrogen (secondary N) is 1. The summed E-state index contributed by atoms with van der Waals surface area (Å²) < 4.78 is 0. The minimum atomic E-state index is 0. The minimum Gasteiger partial charge on any atom is -0.358 e. The molecule has 0 unspecified atom stereocenters. The molecule has 2 aromatic rings. The molecule has 12 heavy (non-hydrogen) atoms. The molecule has 0 saturated carbocycles. The van der Waals surface area contributed by atoms with Crippen molar-refractivity contribution in [2.75, 3.05) is 0 Å². The molecular weight excluding hydrogens is 146 g/mol. The molecule has 0 spiro atoms. The average Bonchev–Trinajstić information content (AvgIpc) is 2.47. The van der Waals surface area contributed by atoms with E-state index in [0.29, 0.717) is 0 Å². The van der Waals surface area contributed by atoms with Crippen molar-refractivity contribution < 1.29 is 1.43 Å². The summed E-state index contributed by atoms with van der Waals surface area (Å²) in [6, 6.07) is 10.6. The Labute approximate surface area is 73.9 Å². The van der Waals surface area contributed by atoms with Crippen LogP contribution in [0, 0.1) is 0 Å². The van der Waals surface area contributed by atoms with Crippen LogP contribution in [0.3, 0.4) is 0 Å². The predicted molar refractivity (Wildman–Crippen MR) is 54.4 cm³/mol. The SMILES string of the molecule is CCCc1cc2ccccc2[nH]1.[HH]. The molecule has 0 aliphatic heterocycles. The van der Waals surface area contributed by atoms with Crippen LogP contribution >= 0.6 is 0 Å². The lowest BCUT2D eigenvalue weighted by molar-refractivity contribution is 0.896. The molecule has 1 aromatic heterocycles. The Morgan fingerprint density at radius 3 is 2.92 bits per heavy atom. The van der Waals surface area contributed by atoms with Crippen molar-refractivity contribution in [3.05, 3.63) is 36.0 Å². The number of rotatable bonds is 2. The van der Waals surface area contributed by atoms with Crippen molar-refractivity contribution in [2.24, 2.45) is 0 Å². The zero-order chi connectivity index (χ0) is 8.39. The molecule has 64 valence electrons. The molecule has 0 aliphatic rings. The molecule has 0 aliphatic carbocycles. The van der Waals surface area contributed by atoms with Crippen LogP contribution in [0.4, 0.5) is 0 Å². The quantitative estimate of drug-likeness (QED) is 0.695. The first-order valence-corrected chi connectivity index (χ1v) is 4.47. The summed E-state index contributed by atoms with van der Waals surface area (Å²) in [5.41, 5.74) is 2.60. The van der Waals surface area contributed by atoms with Gasteiger partial charge >= 0.3 is 0 Å². The van der Waals surface area contributed by atoms with E-state index in [-0.39, 0.29) is 1.43 Å². The summed E-state index contributed by atoms with van der Waals surface area (Å²) in [4.78, 5) is 3.40. The summed E-state index contributed by atoms with van der Waals surface area (Å²) in [5, 5.41) is 1.32. The van der Waals surface area contributed by atoms with Crippen molar-refractivity contribution in [3.63, 3.8) is 0 Å². The van der Waals surface area contributed by atoms with E-state index < -0.39 is 0 Å². The second kappa shape index (κ2) is 3.02. The third-order valence-electron chi connectivity index (χ3n) is 2.11. The third kappa shape index (κ3) is 1.22. The number of fused-ring (bicyclic) bond motifs is 1. The standard InChI is InChI=1S/C11H13N.H2/c1-2-5-10-8-9-6-3-4-7-11(9)12-10;/h3-4,6-8,12H,2,5H2,1H3;1H. The van der Waals surface area contributed by atoms with Gasteiger partial charge in [0, 0.05) is 12.6 Å². The molecule has 0 saturated heterocycles. The third-order valence-corrected chi connectivity index (χ3v) is 2.11. The molecule has 0 atom stereocenters. The van der Waals surface area contributed by atoms with E-state index >= 15 is 0 Å². The van der Waals surface area contributed by atoms with Crippen molar-refractivity contribution >= 4 is 10.9 Å². The molecule has 1 nitrogen and oxygen atoms in total. The van der Waals surface area contributed by atoms with Crippen LogP contribution in [0.1, 0.15) is 20.5 Å². The fourth-order valence-electron chi connectivity index (χ4n) is 1.54. The highest BCUT2D eigenvalue weighted by atomic mass is 14.7. The van der Waals surface area contributed by atoms with Gasteiger partial charge in [-0.2, -0.15) is 0 Å².